The third kappa shape index (κ3) is 4.36. The molecule has 214 valence electrons. The van der Waals surface area contributed by atoms with Crippen LogP contribution in [0.3, 0.4) is 0 Å². The molecular formula is C43H25NO2. The molecule has 0 aliphatic carbocycles. The number of hydrogen-bond donors (Lipinski definition) is 0. The number of furan rings is 2. The second kappa shape index (κ2) is 10.4. The molecule has 9 aromatic rings. The molecule has 0 saturated heterocycles. The predicted molar refractivity (Wildman–Crippen MR) is 187 cm³/mol. The molecule has 0 radical (unpaired) electrons. The Balaban J connectivity index is 1.26. The first-order chi connectivity index (χ1) is 22.7. The van der Waals surface area contributed by atoms with E-state index in [0.29, 0.717) is 5.56 Å². The Morgan fingerprint density at radius 3 is 1.26 bits per heavy atom. The van der Waals surface area contributed by atoms with Crippen LogP contribution < -0.4 is 0 Å². The van der Waals surface area contributed by atoms with Gasteiger partial charge in [-0.1, -0.05) is 78.9 Å². The average molecular weight is 588 g/mol. The van der Waals surface area contributed by atoms with Crippen molar-refractivity contribution in [2.75, 3.05) is 0 Å². The van der Waals surface area contributed by atoms with E-state index in [0.717, 1.165) is 88.4 Å². The molecule has 0 aliphatic rings. The molecule has 3 heteroatoms. The second-order valence-corrected chi connectivity index (χ2v) is 11.7. The summed E-state index contributed by atoms with van der Waals surface area (Å²) >= 11 is 0. The van der Waals surface area contributed by atoms with Gasteiger partial charge in [0.05, 0.1) is 11.6 Å². The van der Waals surface area contributed by atoms with Crippen LogP contribution in [0.25, 0.3) is 88.4 Å². The van der Waals surface area contributed by atoms with Crippen molar-refractivity contribution in [3.8, 4) is 50.6 Å². The fourth-order valence-corrected chi connectivity index (χ4v) is 6.59. The maximum Gasteiger partial charge on any atom is 0.136 e. The Morgan fingerprint density at radius 2 is 0.739 bits per heavy atom. The molecule has 2 aromatic heterocycles. The second-order valence-electron chi connectivity index (χ2n) is 11.7. The van der Waals surface area contributed by atoms with E-state index in [1.54, 1.807) is 0 Å². The molecular weight excluding hydrogens is 562 g/mol. The standard InChI is InChI=1S/C43H25NO2/c44-26-27-18-31(28-8-2-1-3-9-28)20-32(19-27)35-22-33(29-14-16-38-36-10-4-6-12-40(36)45-42(38)24-29)21-34(23-35)30-15-17-39-37-11-5-7-13-41(37)46-43(39)25-30/h1-25H. The molecule has 2 heterocycles. The summed E-state index contributed by atoms with van der Waals surface area (Å²) in [5.41, 5.74) is 12.4. The zero-order valence-corrected chi connectivity index (χ0v) is 24.7. The van der Waals surface area contributed by atoms with Gasteiger partial charge in [0.25, 0.3) is 0 Å². The summed E-state index contributed by atoms with van der Waals surface area (Å²) in [6.45, 7) is 0. The van der Waals surface area contributed by atoms with Crippen molar-refractivity contribution in [2.45, 2.75) is 0 Å². The molecule has 0 atom stereocenters. The van der Waals surface area contributed by atoms with Crippen LogP contribution in [-0.2, 0) is 0 Å². The molecule has 9 rings (SSSR count). The average Bonchev–Trinajstić information content (AvgIpc) is 3.69. The van der Waals surface area contributed by atoms with Crippen LogP contribution >= 0.6 is 0 Å². The van der Waals surface area contributed by atoms with E-state index in [9.17, 15) is 5.26 Å². The van der Waals surface area contributed by atoms with E-state index < -0.39 is 0 Å². The third-order valence-electron chi connectivity index (χ3n) is 8.86. The molecule has 0 N–H and O–H groups in total. The van der Waals surface area contributed by atoms with Crippen LogP contribution in [0.1, 0.15) is 5.56 Å². The molecule has 0 fully saturated rings. The van der Waals surface area contributed by atoms with Crippen molar-refractivity contribution in [1.82, 2.24) is 0 Å². The number of nitriles is 1. The van der Waals surface area contributed by atoms with Gasteiger partial charge in [0, 0.05) is 21.5 Å². The topological polar surface area (TPSA) is 50.1 Å². The van der Waals surface area contributed by atoms with Crippen LogP contribution in [0.5, 0.6) is 0 Å². The fraction of sp³-hybridized carbons (Fsp3) is 0. The van der Waals surface area contributed by atoms with Gasteiger partial charge in [-0.25, -0.2) is 0 Å². The van der Waals surface area contributed by atoms with Crippen molar-refractivity contribution in [2.24, 2.45) is 0 Å². The molecule has 46 heavy (non-hydrogen) atoms. The van der Waals surface area contributed by atoms with Gasteiger partial charge in [-0.3, -0.25) is 0 Å². The first-order valence-corrected chi connectivity index (χ1v) is 15.3. The molecule has 0 spiro atoms. The third-order valence-corrected chi connectivity index (χ3v) is 8.86. The number of para-hydroxylation sites is 2. The Hall–Kier alpha value is -6.37. The van der Waals surface area contributed by atoms with E-state index in [1.165, 1.54) is 0 Å². The van der Waals surface area contributed by atoms with E-state index >= 15 is 0 Å². The molecule has 7 aromatic carbocycles. The van der Waals surface area contributed by atoms with Crippen molar-refractivity contribution >= 4 is 43.9 Å². The lowest BCUT2D eigenvalue weighted by molar-refractivity contribution is 0.668. The van der Waals surface area contributed by atoms with Gasteiger partial charge >= 0.3 is 0 Å². The lowest BCUT2D eigenvalue weighted by Crippen LogP contribution is -1.89. The van der Waals surface area contributed by atoms with E-state index in [4.69, 9.17) is 8.83 Å². The van der Waals surface area contributed by atoms with Gasteiger partial charge in [-0.05, 0) is 117 Å². The Bertz CT molecular complexity index is 2520. The van der Waals surface area contributed by atoms with Gasteiger partial charge in [-0.2, -0.15) is 5.26 Å². The van der Waals surface area contributed by atoms with Crippen molar-refractivity contribution in [3.05, 3.63) is 157 Å². The van der Waals surface area contributed by atoms with Crippen molar-refractivity contribution in [3.63, 3.8) is 0 Å². The Kier molecular flexibility index (Phi) is 5.88. The quantitative estimate of drug-likeness (QED) is 0.206. The number of rotatable bonds is 4. The minimum absolute atomic E-state index is 0.621. The van der Waals surface area contributed by atoms with Gasteiger partial charge in [0.15, 0.2) is 0 Å². The maximum atomic E-state index is 10.00. The lowest BCUT2D eigenvalue weighted by Gasteiger charge is -2.13. The van der Waals surface area contributed by atoms with Crippen LogP contribution in [-0.4, -0.2) is 0 Å². The highest BCUT2D eigenvalue weighted by Crippen LogP contribution is 2.39. The summed E-state index contributed by atoms with van der Waals surface area (Å²) in [5.74, 6) is 0. The zero-order valence-electron chi connectivity index (χ0n) is 24.7. The first kappa shape index (κ1) is 26.1. The Morgan fingerprint density at radius 1 is 0.326 bits per heavy atom. The zero-order chi connectivity index (χ0) is 30.6. The van der Waals surface area contributed by atoms with E-state index in [1.807, 2.05) is 66.7 Å². The molecule has 0 aliphatic heterocycles. The number of fused-ring (bicyclic) bond motifs is 6. The molecule has 0 unspecified atom stereocenters. The largest absolute Gasteiger partial charge is 0.456 e. The number of benzene rings is 7. The van der Waals surface area contributed by atoms with Crippen molar-refractivity contribution < 1.29 is 8.83 Å². The van der Waals surface area contributed by atoms with Crippen LogP contribution in [0.2, 0.25) is 0 Å². The molecule has 3 nitrogen and oxygen atoms in total. The highest BCUT2D eigenvalue weighted by Gasteiger charge is 2.14. The molecule has 0 amide bonds. The highest BCUT2D eigenvalue weighted by atomic mass is 16.3. The Labute approximate surface area is 265 Å². The summed E-state index contributed by atoms with van der Waals surface area (Å²) in [5, 5.41) is 14.4. The fourth-order valence-electron chi connectivity index (χ4n) is 6.59. The summed E-state index contributed by atoms with van der Waals surface area (Å²) < 4.78 is 12.5. The van der Waals surface area contributed by atoms with Gasteiger partial charge in [0.1, 0.15) is 22.3 Å². The summed E-state index contributed by atoms with van der Waals surface area (Å²) in [7, 11) is 0. The summed E-state index contributed by atoms with van der Waals surface area (Å²) in [6, 6.07) is 54.5. The summed E-state index contributed by atoms with van der Waals surface area (Å²) in [6.07, 6.45) is 0. The number of hydrogen-bond acceptors (Lipinski definition) is 3. The normalized spacial score (nSPS) is 11.5. The van der Waals surface area contributed by atoms with Crippen molar-refractivity contribution in [1.29, 1.82) is 5.26 Å². The highest BCUT2D eigenvalue weighted by molar-refractivity contribution is 6.07. The minimum Gasteiger partial charge on any atom is -0.456 e. The van der Waals surface area contributed by atoms with E-state index in [-0.39, 0.29) is 0 Å². The van der Waals surface area contributed by atoms with Gasteiger partial charge in [0.2, 0.25) is 0 Å². The van der Waals surface area contributed by atoms with Crippen LogP contribution in [0.4, 0.5) is 0 Å². The molecule has 0 bridgehead atoms. The smallest absolute Gasteiger partial charge is 0.136 e. The van der Waals surface area contributed by atoms with Crippen LogP contribution in [0, 0.1) is 11.3 Å². The first-order valence-electron chi connectivity index (χ1n) is 15.3. The molecule has 0 saturated carbocycles. The maximum absolute atomic E-state index is 10.00. The van der Waals surface area contributed by atoms with Crippen LogP contribution in [0.15, 0.2) is 160 Å². The lowest BCUT2D eigenvalue weighted by atomic mass is 9.91. The number of nitrogens with zero attached hydrogens (tertiary/aromatic N) is 1. The predicted octanol–water partition coefficient (Wildman–Crippen LogP) is 12.0. The minimum atomic E-state index is 0.621. The van der Waals surface area contributed by atoms with E-state index in [2.05, 4.69) is 91.0 Å². The van der Waals surface area contributed by atoms with Gasteiger partial charge in [-0.15, -0.1) is 0 Å². The summed E-state index contributed by atoms with van der Waals surface area (Å²) in [4.78, 5) is 0. The van der Waals surface area contributed by atoms with Gasteiger partial charge < -0.3 is 8.83 Å². The monoisotopic (exact) mass is 587 g/mol. The SMILES string of the molecule is N#Cc1cc(-c2ccccc2)cc(-c2cc(-c3ccc4c(c3)oc3ccccc34)cc(-c3ccc4c(c3)oc3ccccc34)c2)c1.